The Bertz CT molecular complexity index is 1800. The topological polar surface area (TPSA) is 198 Å². The van der Waals surface area contributed by atoms with Gasteiger partial charge in [0.2, 0.25) is 5.60 Å². The zero-order valence-corrected chi connectivity index (χ0v) is 36.1. The van der Waals surface area contributed by atoms with Crippen molar-refractivity contribution in [1.29, 1.82) is 5.26 Å². The summed E-state index contributed by atoms with van der Waals surface area (Å²) in [5, 5.41) is 37.1. The average molecular weight is 868 g/mol. The van der Waals surface area contributed by atoms with Crippen molar-refractivity contribution in [2.24, 2.45) is 0 Å². The number of aliphatic hydroxyl groups excluding tert-OH is 2. The summed E-state index contributed by atoms with van der Waals surface area (Å²) in [5.74, 6) is 0.134. The Morgan fingerprint density at radius 2 is 1.50 bits per heavy atom. The number of phosphoric acid groups is 1. The van der Waals surface area contributed by atoms with Crippen LogP contribution in [-0.4, -0.2) is 85.4 Å². The van der Waals surface area contributed by atoms with Crippen molar-refractivity contribution in [3.8, 4) is 6.07 Å². The lowest BCUT2D eigenvalue weighted by Crippen LogP contribution is -2.41. The summed E-state index contributed by atoms with van der Waals surface area (Å²) in [6.07, 6.45) is 17.0. The van der Waals surface area contributed by atoms with E-state index in [1.165, 1.54) is 107 Å². The van der Waals surface area contributed by atoms with E-state index < -0.39 is 44.4 Å². The van der Waals surface area contributed by atoms with Crippen molar-refractivity contribution in [2.45, 2.75) is 153 Å². The van der Waals surface area contributed by atoms with Crippen LogP contribution >= 0.6 is 31.0 Å². The highest BCUT2D eigenvalue weighted by molar-refractivity contribution is 7.47. The number of nitrogens with zero attached hydrogens (tertiary/aromatic N) is 5. The summed E-state index contributed by atoms with van der Waals surface area (Å²) < 4.78 is 37.2. The molecule has 1 fully saturated rings. The Labute approximate surface area is 352 Å². The van der Waals surface area contributed by atoms with Crippen molar-refractivity contribution < 1.29 is 38.2 Å². The molecule has 1 aromatic carbocycles. The maximum Gasteiger partial charge on any atom is 0.472 e. The van der Waals surface area contributed by atoms with Crippen LogP contribution in [0.25, 0.3) is 5.52 Å². The molecule has 5 rings (SSSR count). The second-order valence-corrected chi connectivity index (χ2v) is 17.9. The molecule has 0 bridgehead atoms. The van der Waals surface area contributed by atoms with E-state index in [4.69, 9.17) is 47.5 Å². The minimum absolute atomic E-state index is 0.0909. The molecule has 1 saturated heterocycles. The zero-order chi connectivity index (χ0) is 41.5. The van der Waals surface area contributed by atoms with Gasteiger partial charge < -0.3 is 30.3 Å². The molecule has 0 aliphatic carbocycles. The smallest absolute Gasteiger partial charge is 0.387 e. The van der Waals surface area contributed by atoms with Gasteiger partial charge in [-0.05, 0) is 41.8 Å². The van der Waals surface area contributed by atoms with Crippen molar-refractivity contribution in [2.75, 3.05) is 32.2 Å². The highest BCUT2D eigenvalue weighted by Crippen LogP contribution is 2.46. The third-order valence-corrected chi connectivity index (χ3v) is 12.9. The van der Waals surface area contributed by atoms with Crippen LogP contribution in [0, 0.1) is 11.3 Å². The van der Waals surface area contributed by atoms with Gasteiger partial charge in [-0.25, -0.2) is 14.1 Å². The van der Waals surface area contributed by atoms with Crippen LogP contribution in [-0.2, 0) is 41.8 Å². The fourth-order valence-corrected chi connectivity index (χ4v) is 8.98. The Morgan fingerprint density at radius 1 is 0.931 bits per heavy atom. The predicted octanol–water partition coefficient (Wildman–Crippen LogP) is 8.25. The number of anilines is 1. The Morgan fingerprint density at radius 3 is 2.07 bits per heavy atom. The summed E-state index contributed by atoms with van der Waals surface area (Å²) in [5.41, 5.74) is 6.29. The van der Waals surface area contributed by atoms with E-state index in [2.05, 4.69) is 21.9 Å². The lowest BCUT2D eigenvalue weighted by molar-refractivity contribution is -0.0650. The molecule has 6 atom stereocenters. The lowest BCUT2D eigenvalue weighted by atomic mass is 9.92. The van der Waals surface area contributed by atoms with Gasteiger partial charge in [0.15, 0.2) is 5.82 Å². The van der Waals surface area contributed by atoms with Crippen LogP contribution in [0.1, 0.15) is 126 Å². The molecule has 2 aliphatic heterocycles. The number of nitriles is 1. The zero-order valence-electron chi connectivity index (χ0n) is 33.7. The van der Waals surface area contributed by atoms with Crippen molar-refractivity contribution in [1.82, 2.24) is 19.5 Å². The standard InChI is InChI=1S/C41H61Cl2N6O8P/c1-2-3-4-5-6-7-8-9-10-11-12-13-14-15-16-17-20-54-25-32(48-23-30-21-33(42)34(43)22-31(30)24-48)26-55-58(52,53)56-27-36-38(50)39(51)41(28-44,57-36)37-19-18-35-40(45)46-29-47-49(35)37/h18-19,21-22,29,32,36,38-39,50-51H,2-17,20,23-27H2,1H3,(H,52,53)(H2,45,46,47)/t32-,36-,38-,39-,41+/m1/s1. The number of benzene rings is 1. The number of halogens is 2. The van der Waals surface area contributed by atoms with E-state index in [1.807, 2.05) is 18.2 Å². The Balaban J connectivity index is 1.05. The molecule has 1 unspecified atom stereocenters. The predicted molar refractivity (Wildman–Crippen MR) is 223 cm³/mol. The monoisotopic (exact) mass is 866 g/mol. The first-order chi connectivity index (χ1) is 28.0. The number of hydrogen-bond acceptors (Lipinski definition) is 12. The first kappa shape index (κ1) is 46.7. The number of aliphatic hydroxyl groups is 2. The number of rotatable bonds is 27. The van der Waals surface area contributed by atoms with Crippen LogP contribution in [0.2, 0.25) is 10.0 Å². The number of phosphoric ester groups is 1. The molecule has 17 heteroatoms. The van der Waals surface area contributed by atoms with E-state index in [-0.39, 0.29) is 24.7 Å². The van der Waals surface area contributed by atoms with Crippen LogP contribution in [0.3, 0.4) is 0 Å². The van der Waals surface area contributed by atoms with Crippen LogP contribution < -0.4 is 5.73 Å². The lowest BCUT2D eigenvalue weighted by Gasteiger charge is -2.28. The molecule has 4 heterocycles. The SMILES string of the molecule is CCCCCCCCCCCCCCCCCCOC[C@H](COP(=O)(O)OC[C@H]1O[C@@](C#N)(c2ccc3c(N)ncnn23)[C@H](O)[C@@H]1O)N1Cc2cc(Cl)c(Cl)cc2C1. The minimum Gasteiger partial charge on any atom is -0.387 e. The molecule has 322 valence electrons. The van der Waals surface area contributed by atoms with Gasteiger partial charge in [0, 0.05) is 19.7 Å². The summed E-state index contributed by atoms with van der Waals surface area (Å²) in [6, 6.07) is 8.20. The molecular formula is C41H61Cl2N6O8P. The van der Waals surface area contributed by atoms with E-state index in [9.17, 15) is 24.9 Å². The molecule has 0 spiro atoms. The second kappa shape index (κ2) is 23.0. The van der Waals surface area contributed by atoms with Gasteiger partial charge in [-0.1, -0.05) is 126 Å². The van der Waals surface area contributed by atoms with Gasteiger partial charge >= 0.3 is 7.82 Å². The summed E-state index contributed by atoms with van der Waals surface area (Å²) in [7, 11) is -4.73. The summed E-state index contributed by atoms with van der Waals surface area (Å²) >= 11 is 12.6. The maximum atomic E-state index is 13.2. The molecule has 2 aliphatic rings. The van der Waals surface area contributed by atoms with Gasteiger partial charge in [-0.3, -0.25) is 13.9 Å². The molecule has 0 amide bonds. The number of nitrogen functional groups attached to an aromatic ring is 1. The molecule has 0 radical (unpaired) electrons. The molecule has 58 heavy (non-hydrogen) atoms. The molecule has 3 aromatic rings. The Kier molecular flexibility index (Phi) is 18.5. The number of aromatic nitrogens is 3. The quantitative estimate of drug-likeness (QED) is 0.0422. The average Bonchev–Trinajstić information content (AvgIpc) is 3.90. The first-order valence-electron chi connectivity index (χ1n) is 20.9. The molecule has 0 saturated carbocycles. The largest absolute Gasteiger partial charge is 0.472 e. The molecule has 2 aromatic heterocycles. The van der Waals surface area contributed by atoms with Crippen LogP contribution in [0.5, 0.6) is 0 Å². The van der Waals surface area contributed by atoms with Crippen LogP contribution in [0.4, 0.5) is 5.82 Å². The normalized spacial score (nSPS) is 22.3. The second-order valence-electron chi connectivity index (χ2n) is 15.6. The third-order valence-electron chi connectivity index (χ3n) is 11.3. The molecule has 14 nitrogen and oxygen atoms in total. The number of unbranched alkanes of at least 4 members (excludes halogenated alkanes) is 15. The fourth-order valence-electron chi connectivity index (χ4n) is 7.84. The number of fused-ring (bicyclic) bond motifs is 2. The van der Waals surface area contributed by atoms with Crippen molar-refractivity contribution in [3.05, 3.63) is 57.5 Å². The summed E-state index contributed by atoms with van der Waals surface area (Å²) in [6.45, 7) is 3.21. The minimum atomic E-state index is -4.73. The van der Waals surface area contributed by atoms with E-state index in [0.717, 1.165) is 24.0 Å². The number of nitrogens with two attached hydrogens (primary N) is 1. The van der Waals surface area contributed by atoms with Crippen molar-refractivity contribution in [3.63, 3.8) is 0 Å². The molecule has 5 N–H and O–H groups in total. The first-order valence-corrected chi connectivity index (χ1v) is 23.2. The van der Waals surface area contributed by atoms with Gasteiger partial charge in [-0.15, -0.1) is 0 Å². The third kappa shape index (κ3) is 12.6. The van der Waals surface area contributed by atoms with E-state index in [1.54, 1.807) is 6.07 Å². The van der Waals surface area contributed by atoms with Crippen molar-refractivity contribution >= 4 is 42.4 Å². The number of hydrogen-bond donors (Lipinski definition) is 4. The maximum absolute atomic E-state index is 13.2. The van der Waals surface area contributed by atoms with Gasteiger partial charge in [-0.2, -0.15) is 10.4 Å². The van der Waals surface area contributed by atoms with Gasteiger partial charge in [0.25, 0.3) is 0 Å². The van der Waals surface area contributed by atoms with Crippen LogP contribution in [0.15, 0.2) is 30.6 Å². The summed E-state index contributed by atoms with van der Waals surface area (Å²) in [4.78, 5) is 16.8. The van der Waals surface area contributed by atoms with E-state index >= 15 is 0 Å². The fraction of sp³-hybridized carbons (Fsp3) is 0.683. The van der Waals surface area contributed by atoms with Gasteiger partial charge in [0.1, 0.15) is 36.2 Å². The molecular weight excluding hydrogens is 806 g/mol. The number of ether oxygens (including phenoxy) is 2. The Hall–Kier alpha value is -2.38. The van der Waals surface area contributed by atoms with Gasteiger partial charge in [0.05, 0.1) is 41.6 Å². The highest BCUT2D eigenvalue weighted by atomic mass is 35.5. The van der Waals surface area contributed by atoms with E-state index in [0.29, 0.717) is 35.3 Å². The highest BCUT2D eigenvalue weighted by Gasteiger charge is 2.58.